The van der Waals surface area contributed by atoms with Gasteiger partial charge in [-0.2, -0.15) is 0 Å². The average molecular weight is 335 g/mol. The van der Waals surface area contributed by atoms with Gasteiger partial charge in [0, 0.05) is 30.9 Å². The maximum absolute atomic E-state index is 11.9. The van der Waals surface area contributed by atoms with Gasteiger partial charge in [-0.15, -0.1) is 0 Å². The molecule has 2 aliphatic heterocycles. The highest BCUT2D eigenvalue weighted by Crippen LogP contribution is 2.26. The average Bonchev–Trinajstić information content (AvgIpc) is 3.02. The molecule has 1 N–H and O–H groups in total. The molecular weight excluding hydrogens is 318 g/mol. The molecule has 1 aromatic rings. The van der Waals surface area contributed by atoms with Crippen molar-refractivity contribution in [1.82, 2.24) is 4.90 Å². The molecule has 0 saturated carbocycles. The van der Waals surface area contributed by atoms with Crippen LogP contribution in [0.3, 0.4) is 0 Å². The number of amides is 2. The highest BCUT2D eigenvalue weighted by molar-refractivity contribution is 7.93. The Morgan fingerprint density at radius 2 is 1.91 bits per heavy atom. The number of hydrogen-bond acceptors (Lipinski definition) is 5. The van der Waals surface area contributed by atoms with Crippen LogP contribution in [0.2, 0.25) is 0 Å². The van der Waals surface area contributed by atoms with Crippen LogP contribution in [0.15, 0.2) is 36.0 Å². The van der Waals surface area contributed by atoms with E-state index in [1.807, 2.05) is 0 Å². The lowest BCUT2D eigenvalue weighted by Gasteiger charge is -2.17. The van der Waals surface area contributed by atoms with Crippen LogP contribution in [0.5, 0.6) is 0 Å². The SMILES string of the molecule is CC(=O)N1CC(Nc2ccc(N3CCCS3(=O)=O)cc2)=CC1=O. The summed E-state index contributed by atoms with van der Waals surface area (Å²) < 4.78 is 25.2. The molecule has 0 aliphatic carbocycles. The smallest absolute Gasteiger partial charge is 0.255 e. The second kappa shape index (κ2) is 5.69. The van der Waals surface area contributed by atoms with Crippen molar-refractivity contribution in [3.63, 3.8) is 0 Å². The zero-order valence-corrected chi connectivity index (χ0v) is 13.5. The van der Waals surface area contributed by atoms with Gasteiger partial charge in [-0.25, -0.2) is 8.42 Å². The van der Waals surface area contributed by atoms with E-state index in [1.165, 1.54) is 17.3 Å². The van der Waals surface area contributed by atoms with Crippen molar-refractivity contribution in [3.05, 3.63) is 36.0 Å². The van der Waals surface area contributed by atoms with Gasteiger partial charge in [0.05, 0.1) is 18.0 Å². The number of anilines is 2. The molecule has 7 nitrogen and oxygen atoms in total. The molecule has 2 amide bonds. The third-order valence-corrected chi connectivity index (χ3v) is 5.70. The lowest BCUT2D eigenvalue weighted by molar-refractivity contribution is -0.138. The molecule has 122 valence electrons. The summed E-state index contributed by atoms with van der Waals surface area (Å²) in [4.78, 5) is 24.1. The molecule has 0 radical (unpaired) electrons. The van der Waals surface area contributed by atoms with Gasteiger partial charge in [0.15, 0.2) is 0 Å². The van der Waals surface area contributed by atoms with E-state index in [4.69, 9.17) is 0 Å². The van der Waals surface area contributed by atoms with Crippen LogP contribution < -0.4 is 9.62 Å². The van der Waals surface area contributed by atoms with Crippen molar-refractivity contribution >= 4 is 33.2 Å². The standard InChI is InChI=1S/C15H17N3O4S/c1-11(19)17-10-13(9-15(17)20)16-12-3-5-14(6-4-12)18-7-2-8-23(18,21)22/h3-6,9,16H,2,7-8,10H2,1H3. The monoisotopic (exact) mass is 335 g/mol. The maximum atomic E-state index is 11.9. The molecule has 0 unspecified atom stereocenters. The van der Waals surface area contributed by atoms with Gasteiger partial charge in [0.2, 0.25) is 15.9 Å². The highest BCUT2D eigenvalue weighted by atomic mass is 32.2. The molecule has 1 aromatic carbocycles. The maximum Gasteiger partial charge on any atom is 0.255 e. The summed E-state index contributed by atoms with van der Waals surface area (Å²) in [5, 5.41) is 3.07. The Hall–Kier alpha value is -2.35. The first-order chi connectivity index (χ1) is 10.9. The van der Waals surface area contributed by atoms with Gasteiger partial charge in [0.25, 0.3) is 5.91 Å². The zero-order valence-electron chi connectivity index (χ0n) is 12.7. The number of hydrogen-bond donors (Lipinski definition) is 1. The van der Waals surface area contributed by atoms with E-state index >= 15 is 0 Å². The predicted molar refractivity (Wildman–Crippen MR) is 86.3 cm³/mol. The van der Waals surface area contributed by atoms with Gasteiger partial charge in [-0.3, -0.25) is 18.8 Å². The number of rotatable bonds is 3. The molecule has 2 aliphatic rings. The zero-order chi connectivity index (χ0) is 16.6. The molecule has 0 atom stereocenters. The van der Waals surface area contributed by atoms with Crippen molar-refractivity contribution in [2.24, 2.45) is 0 Å². The second-order valence-electron chi connectivity index (χ2n) is 5.53. The largest absolute Gasteiger partial charge is 0.357 e. The molecule has 1 fully saturated rings. The predicted octanol–water partition coefficient (Wildman–Crippen LogP) is 0.911. The van der Waals surface area contributed by atoms with E-state index in [2.05, 4.69) is 5.32 Å². The third-order valence-electron chi connectivity index (χ3n) is 3.83. The fraction of sp³-hybridized carbons (Fsp3) is 0.333. The topological polar surface area (TPSA) is 86.8 Å². The Bertz CT molecular complexity index is 783. The quantitative estimate of drug-likeness (QED) is 0.887. The van der Waals surface area contributed by atoms with Gasteiger partial charge in [0.1, 0.15) is 0 Å². The number of nitrogens with zero attached hydrogens (tertiary/aromatic N) is 2. The molecule has 0 spiro atoms. The van der Waals surface area contributed by atoms with Crippen molar-refractivity contribution in [3.8, 4) is 0 Å². The Morgan fingerprint density at radius 1 is 1.22 bits per heavy atom. The van der Waals surface area contributed by atoms with E-state index in [0.29, 0.717) is 24.4 Å². The van der Waals surface area contributed by atoms with E-state index in [1.54, 1.807) is 24.3 Å². The lowest BCUT2D eigenvalue weighted by atomic mass is 10.2. The van der Waals surface area contributed by atoms with Crippen LogP contribution in [0.1, 0.15) is 13.3 Å². The van der Waals surface area contributed by atoms with Crippen LogP contribution in [0.25, 0.3) is 0 Å². The first kappa shape index (κ1) is 15.5. The van der Waals surface area contributed by atoms with Crippen molar-refractivity contribution in [2.45, 2.75) is 13.3 Å². The lowest BCUT2D eigenvalue weighted by Crippen LogP contribution is -2.31. The summed E-state index contributed by atoms with van der Waals surface area (Å²) in [6.45, 7) is 2.07. The fourth-order valence-electron chi connectivity index (χ4n) is 2.69. The summed E-state index contributed by atoms with van der Waals surface area (Å²) >= 11 is 0. The number of nitrogens with one attached hydrogen (secondary N) is 1. The van der Waals surface area contributed by atoms with Crippen LogP contribution >= 0.6 is 0 Å². The number of carbonyl (C=O) groups excluding carboxylic acids is 2. The van der Waals surface area contributed by atoms with E-state index in [0.717, 1.165) is 10.6 Å². The summed E-state index contributed by atoms with van der Waals surface area (Å²) in [6.07, 6.45) is 2.03. The first-order valence-corrected chi connectivity index (χ1v) is 8.88. The Balaban J connectivity index is 1.71. The van der Waals surface area contributed by atoms with Crippen LogP contribution in [0, 0.1) is 0 Å². The minimum Gasteiger partial charge on any atom is -0.357 e. The third kappa shape index (κ3) is 3.07. The second-order valence-corrected chi connectivity index (χ2v) is 7.54. The van der Waals surface area contributed by atoms with Crippen LogP contribution in [-0.2, 0) is 19.6 Å². The minimum atomic E-state index is -3.19. The van der Waals surface area contributed by atoms with E-state index in [-0.39, 0.29) is 24.1 Å². The Morgan fingerprint density at radius 3 is 2.43 bits per heavy atom. The number of benzene rings is 1. The van der Waals surface area contributed by atoms with Crippen molar-refractivity contribution < 1.29 is 18.0 Å². The number of sulfonamides is 1. The van der Waals surface area contributed by atoms with Gasteiger partial charge >= 0.3 is 0 Å². The summed E-state index contributed by atoms with van der Waals surface area (Å²) in [6, 6.07) is 6.96. The van der Waals surface area contributed by atoms with Gasteiger partial charge in [-0.1, -0.05) is 0 Å². The Kier molecular flexibility index (Phi) is 3.85. The van der Waals surface area contributed by atoms with Crippen LogP contribution in [-0.4, -0.2) is 44.0 Å². The van der Waals surface area contributed by atoms with Crippen molar-refractivity contribution in [2.75, 3.05) is 28.5 Å². The molecule has 0 aromatic heterocycles. The fourth-order valence-corrected chi connectivity index (χ4v) is 4.25. The Labute approximate surface area is 134 Å². The van der Waals surface area contributed by atoms with Crippen LogP contribution in [0.4, 0.5) is 11.4 Å². The summed E-state index contributed by atoms with van der Waals surface area (Å²) in [7, 11) is -3.19. The molecule has 3 rings (SSSR count). The van der Waals surface area contributed by atoms with Gasteiger partial charge < -0.3 is 5.32 Å². The summed E-state index contributed by atoms with van der Waals surface area (Å²) in [5.74, 6) is -0.444. The normalized spacial score (nSPS) is 19.9. The molecule has 8 heteroatoms. The van der Waals surface area contributed by atoms with E-state index in [9.17, 15) is 18.0 Å². The molecule has 0 bridgehead atoms. The summed E-state index contributed by atoms with van der Waals surface area (Å²) in [5.41, 5.74) is 2.00. The highest BCUT2D eigenvalue weighted by Gasteiger charge is 2.28. The number of carbonyl (C=O) groups is 2. The first-order valence-electron chi connectivity index (χ1n) is 7.27. The molecular formula is C15H17N3O4S. The minimum absolute atomic E-state index is 0.183. The number of imide groups is 1. The van der Waals surface area contributed by atoms with E-state index < -0.39 is 10.0 Å². The molecule has 2 heterocycles. The molecule has 23 heavy (non-hydrogen) atoms. The molecule has 1 saturated heterocycles. The van der Waals surface area contributed by atoms with Crippen molar-refractivity contribution in [1.29, 1.82) is 0 Å². The van der Waals surface area contributed by atoms with Gasteiger partial charge in [-0.05, 0) is 30.7 Å².